The Balaban J connectivity index is 1.61. The number of rotatable bonds is 8. The van der Waals surface area contributed by atoms with Crippen LogP contribution in [0, 0.1) is 12.8 Å². The summed E-state index contributed by atoms with van der Waals surface area (Å²) in [6.07, 6.45) is 0. The van der Waals surface area contributed by atoms with Crippen LogP contribution in [-0.2, 0) is 11.8 Å². The van der Waals surface area contributed by atoms with Crippen LogP contribution in [0.5, 0.6) is 5.75 Å². The lowest BCUT2D eigenvalue weighted by Gasteiger charge is -2.09. The quantitative estimate of drug-likeness (QED) is 0.483. The second-order valence-corrected chi connectivity index (χ2v) is 8.77. The highest BCUT2D eigenvalue weighted by Gasteiger charge is 2.14. The fourth-order valence-corrected chi connectivity index (χ4v) is 3.58. The second kappa shape index (κ2) is 10.00. The van der Waals surface area contributed by atoms with Gasteiger partial charge in [-0.05, 0) is 54.8 Å². The van der Waals surface area contributed by atoms with Gasteiger partial charge in [0.2, 0.25) is 5.91 Å². The van der Waals surface area contributed by atoms with E-state index in [1.807, 2.05) is 48.9 Å². The van der Waals surface area contributed by atoms with Crippen molar-refractivity contribution in [3.8, 4) is 17.1 Å². The Labute approximate surface area is 186 Å². The van der Waals surface area contributed by atoms with E-state index < -0.39 is 0 Å². The average molecular weight is 445 g/mol. The van der Waals surface area contributed by atoms with Gasteiger partial charge in [-0.1, -0.05) is 43.3 Å². The third-order valence-corrected chi connectivity index (χ3v) is 5.59. The average Bonchev–Trinajstić information content (AvgIpc) is 3.08. The number of aromatic nitrogens is 3. The zero-order valence-electron chi connectivity index (χ0n) is 17.5. The summed E-state index contributed by atoms with van der Waals surface area (Å²) in [5.41, 5.74) is 2.61. The van der Waals surface area contributed by atoms with Crippen LogP contribution >= 0.6 is 23.4 Å². The number of anilines is 1. The maximum Gasteiger partial charge on any atom is 0.234 e. The number of aryl methyl sites for hydroxylation is 1. The van der Waals surface area contributed by atoms with Gasteiger partial charge in [-0.15, -0.1) is 10.2 Å². The Hall–Kier alpha value is -2.51. The van der Waals surface area contributed by atoms with Crippen LogP contribution < -0.4 is 10.1 Å². The SMILES string of the molecule is Cc1ccc(Cl)cc1NC(=O)CSc1nnc(-c2ccc(OCC(C)C)cc2)n1C. The van der Waals surface area contributed by atoms with Crippen LogP contribution in [0.2, 0.25) is 5.02 Å². The molecule has 0 unspecified atom stereocenters. The summed E-state index contributed by atoms with van der Waals surface area (Å²) in [5, 5.41) is 12.7. The van der Waals surface area contributed by atoms with Crippen molar-refractivity contribution in [3.63, 3.8) is 0 Å². The van der Waals surface area contributed by atoms with Crippen molar-refractivity contribution >= 4 is 35.0 Å². The van der Waals surface area contributed by atoms with E-state index in [2.05, 4.69) is 29.4 Å². The predicted molar refractivity (Wildman–Crippen MR) is 122 cm³/mol. The van der Waals surface area contributed by atoms with E-state index in [1.54, 1.807) is 12.1 Å². The monoisotopic (exact) mass is 444 g/mol. The number of benzene rings is 2. The molecule has 0 aliphatic rings. The largest absolute Gasteiger partial charge is 0.493 e. The van der Waals surface area contributed by atoms with Gasteiger partial charge in [-0.2, -0.15) is 0 Å². The third kappa shape index (κ3) is 5.77. The first-order valence-electron chi connectivity index (χ1n) is 9.65. The summed E-state index contributed by atoms with van der Waals surface area (Å²) >= 11 is 7.34. The Morgan fingerprint density at radius 1 is 1.20 bits per heavy atom. The van der Waals surface area contributed by atoms with Crippen molar-refractivity contribution in [1.29, 1.82) is 0 Å². The van der Waals surface area contributed by atoms with E-state index in [0.29, 0.717) is 28.4 Å². The number of hydrogen-bond donors (Lipinski definition) is 1. The fourth-order valence-electron chi connectivity index (χ4n) is 2.70. The molecule has 1 N–H and O–H groups in total. The van der Waals surface area contributed by atoms with Crippen molar-refractivity contribution in [2.45, 2.75) is 25.9 Å². The molecule has 0 saturated heterocycles. The summed E-state index contributed by atoms with van der Waals surface area (Å²) in [7, 11) is 1.89. The smallest absolute Gasteiger partial charge is 0.234 e. The molecule has 0 radical (unpaired) electrons. The molecule has 0 spiro atoms. The van der Waals surface area contributed by atoms with Crippen molar-refractivity contribution in [1.82, 2.24) is 14.8 Å². The third-order valence-electron chi connectivity index (χ3n) is 4.34. The molecular weight excluding hydrogens is 420 g/mol. The molecule has 3 aromatic rings. The first-order valence-corrected chi connectivity index (χ1v) is 11.0. The number of thioether (sulfide) groups is 1. The lowest BCUT2D eigenvalue weighted by atomic mass is 10.2. The van der Waals surface area contributed by atoms with Gasteiger partial charge in [0.1, 0.15) is 5.75 Å². The predicted octanol–water partition coefficient (Wildman–Crippen LogP) is 5.21. The second-order valence-electron chi connectivity index (χ2n) is 7.39. The van der Waals surface area contributed by atoms with Crippen LogP contribution in [-0.4, -0.2) is 33.0 Å². The van der Waals surface area contributed by atoms with Gasteiger partial charge in [0.15, 0.2) is 11.0 Å². The topological polar surface area (TPSA) is 69.0 Å². The number of carbonyl (C=O) groups excluding carboxylic acids is 1. The van der Waals surface area contributed by atoms with E-state index in [-0.39, 0.29) is 11.7 Å². The van der Waals surface area contributed by atoms with Crippen molar-refractivity contribution in [3.05, 3.63) is 53.1 Å². The number of carbonyl (C=O) groups is 1. The molecule has 6 nitrogen and oxygen atoms in total. The standard InChI is InChI=1S/C22H25ClN4O2S/c1-14(2)12-29-18-9-6-16(7-10-18)21-25-26-22(27(21)4)30-13-20(28)24-19-11-17(23)8-5-15(19)3/h5-11,14H,12-13H2,1-4H3,(H,24,28). The maximum absolute atomic E-state index is 12.3. The molecule has 3 rings (SSSR count). The van der Waals surface area contributed by atoms with E-state index >= 15 is 0 Å². The molecule has 0 bridgehead atoms. The van der Waals surface area contributed by atoms with E-state index in [0.717, 1.165) is 22.7 Å². The van der Waals surface area contributed by atoms with Gasteiger partial charge in [-0.25, -0.2) is 0 Å². The van der Waals surface area contributed by atoms with Gasteiger partial charge in [0.05, 0.1) is 12.4 Å². The Bertz CT molecular complexity index is 1020. The molecule has 0 fully saturated rings. The number of nitrogens with zero attached hydrogens (tertiary/aromatic N) is 3. The molecule has 1 amide bonds. The molecule has 0 aliphatic carbocycles. The summed E-state index contributed by atoms with van der Waals surface area (Å²) in [6.45, 7) is 6.83. The molecule has 0 aliphatic heterocycles. The highest BCUT2D eigenvalue weighted by molar-refractivity contribution is 7.99. The van der Waals surface area contributed by atoms with Crippen molar-refractivity contribution in [2.75, 3.05) is 17.7 Å². The van der Waals surface area contributed by atoms with Crippen LogP contribution in [0.15, 0.2) is 47.6 Å². The van der Waals surface area contributed by atoms with E-state index in [1.165, 1.54) is 11.8 Å². The number of ether oxygens (including phenoxy) is 1. The molecule has 1 aromatic heterocycles. The lowest BCUT2D eigenvalue weighted by molar-refractivity contribution is -0.113. The molecule has 0 atom stereocenters. The summed E-state index contributed by atoms with van der Waals surface area (Å²) < 4.78 is 7.61. The van der Waals surface area contributed by atoms with Gasteiger partial charge in [0.25, 0.3) is 0 Å². The number of hydrogen-bond acceptors (Lipinski definition) is 5. The Kier molecular flexibility index (Phi) is 7.39. The molecule has 8 heteroatoms. The highest BCUT2D eigenvalue weighted by atomic mass is 35.5. The normalized spacial score (nSPS) is 11.0. The van der Waals surface area contributed by atoms with Crippen LogP contribution in [0.1, 0.15) is 19.4 Å². The minimum atomic E-state index is -0.124. The lowest BCUT2D eigenvalue weighted by Crippen LogP contribution is -2.15. The molecule has 30 heavy (non-hydrogen) atoms. The Morgan fingerprint density at radius 2 is 1.93 bits per heavy atom. The summed E-state index contributed by atoms with van der Waals surface area (Å²) in [4.78, 5) is 12.3. The van der Waals surface area contributed by atoms with Crippen molar-refractivity contribution < 1.29 is 9.53 Å². The Morgan fingerprint density at radius 3 is 2.63 bits per heavy atom. The fraction of sp³-hybridized carbons (Fsp3) is 0.318. The summed E-state index contributed by atoms with van der Waals surface area (Å²) in [6, 6.07) is 13.2. The van der Waals surface area contributed by atoms with Gasteiger partial charge >= 0.3 is 0 Å². The highest BCUT2D eigenvalue weighted by Crippen LogP contribution is 2.25. The number of nitrogens with one attached hydrogen (secondary N) is 1. The van der Waals surface area contributed by atoms with Crippen LogP contribution in [0.3, 0.4) is 0 Å². The molecule has 0 saturated carbocycles. The van der Waals surface area contributed by atoms with Gasteiger partial charge in [-0.3, -0.25) is 4.79 Å². The summed E-state index contributed by atoms with van der Waals surface area (Å²) in [5.74, 6) is 2.14. The molecular formula is C22H25ClN4O2S. The minimum absolute atomic E-state index is 0.124. The minimum Gasteiger partial charge on any atom is -0.493 e. The number of halogens is 1. The molecule has 158 valence electrons. The molecule has 1 heterocycles. The van der Waals surface area contributed by atoms with Crippen LogP contribution in [0.25, 0.3) is 11.4 Å². The first kappa shape index (κ1) is 22.2. The van der Waals surface area contributed by atoms with Gasteiger partial charge in [0, 0.05) is 23.3 Å². The van der Waals surface area contributed by atoms with Crippen molar-refractivity contribution in [2.24, 2.45) is 13.0 Å². The van der Waals surface area contributed by atoms with E-state index in [9.17, 15) is 4.79 Å². The zero-order chi connectivity index (χ0) is 21.7. The van der Waals surface area contributed by atoms with E-state index in [4.69, 9.17) is 16.3 Å². The zero-order valence-corrected chi connectivity index (χ0v) is 19.0. The number of amides is 1. The maximum atomic E-state index is 12.3. The van der Waals surface area contributed by atoms with Crippen LogP contribution in [0.4, 0.5) is 5.69 Å². The van der Waals surface area contributed by atoms with Gasteiger partial charge < -0.3 is 14.6 Å². The first-order chi connectivity index (χ1) is 14.3. The molecule has 2 aromatic carbocycles.